The van der Waals surface area contributed by atoms with Crippen molar-refractivity contribution >= 4 is 45.6 Å². The van der Waals surface area contributed by atoms with Gasteiger partial charge in [-0.15, -0.1) is 22.9 Å². The first kappa shape index (κ1) is 14.9. The standard InChI is InChI=1S/C16H16Cl2N2S/c1-2-11-6-8-21-15(11)10-20-14-4-3-12(18)9-13(14)19-16(20)5-7-17/h3-4,6,8-9H,2,5,7,10H2,1H3. The molecule has 2 aromatic heterocycles. The SMILES string of the molecule is CCc1ccsc1Cn1c(CCCl)nc2cc(Cl)ccc21. The quantitative estimate of drug-likeness (QED) is 0.588. The van der Waals surface area contributed by atoms with Crippen molar-refractivity contribution in [1.29, 1.82) is 0 Å². The fourth-order valence-electron chi connectivity index (χ4n) is 2.57. The van der Waals surface area contributed by atoms with Crippen LogP contribution in [-0.4, -0.2) is 15.4 Å². The van der Waals surface area contributed by atoms with Crippen molar-refractivity contribution < 1.29 is 0 Å². The molecule has 0 unspecified atom stereocenters. The Kier molecular flexibility index (Phi) is 4.53. The molecule has 0 saturated carbocycles. The Morgan fingerprint density at radius 3 is 2.90 bits per heavy atom. The minimum absolute atomic E-state index is 0.572. The molecule has 21 heavy (non-hydrogen) atoms. The fraction of sp³-hybridized carbons (Fsp3) is 0.312. The average molecular weight is 339 g/mol. The molecular weight excluding hydrogens is 323 g/mol. The van der Waals surface area contributed by atoms with Crippen LogP contribution < -0.4 is 0 Å². The number of fused-ring (bicyclic) bond motifs is 1. The molecule has 1 aromatic carbocycles. The van der Waals surface area contributed by atoms with E-state index in [9.17, 15) is 0 Å². The van der Waals surface area contributed by atoms with Gasteiger partial charge in [0.25, 0.3) is 0 Å². The molecular formula is C16H16Cl2N2S. The van der Waals surface area contributed by atoms with Crippen molar-refractivity contribution in [2.75, 3.05) is 5.88 Å². The molecule has 2 heterocycles. The number of aryl methyl sites for hydroxylation is 2. The Balaban J connectivity index is 2.08. The summed E-state index contributed by atoms with van der Waals surface area (Å²) in [5.41, 5.74) is 3.47. The van der Waals surface area contributed by atoms with Gasteiger partial charge in [0.2, 0.25) is 0 Å². The van der Waals surface area contributed by atoms with Crippen LogP contribution in [0.25, 0.3) is 11.0 Å². The third-order valence-corrected chi connectivity index (χ3v) is 5.00. The highest BCUT2D eigenvalue weighted by atomic mass is 35.5. The van der Waals surface area contributed by atoms with E-state index >= 15 is 0 Å². The largest absolute Gasteiger partial charge is 0.323 e. The molecule has 0 fully saturated rings. The Morgan fingerprint density at radius 1 is 1.29 bits per heavy atom. The molecule has 0 spiro atoms. The van der Waals surface area contributed by atoms with Gasteiger partial charge in [-0.05, 0) is 41.6 Å². The highest BCUT2D eigenvalue weighted by molar-refractivity contribution is 7.10. The van der Waals surface area contributed by atoms with Crippen LogP contribution in [0.15, 0.2) is 29.6 Å². The second-order valence-corrected chi connectivity index (χ2v) is 6.72. The lowest BCUT2D eigenvalue weighted by molar-refractivity contribution is 0.758. The van der Waals surface area contributed by atoms with Crippen LogP contribution in [0.1, 0.15) is 23.2 Å². The van der Waals surface area contributed by atoms with E-state index in [1.165, 1.54) is 10.4 Å². The van der Waals surface area contributed by atoms with Crippen molar-refractivity contribution in [1.82, 2.24) is 9.55 Å². The van der Waals surface area contributed by atoms with Crippen LogP contribution in [0.5, 0.6) is 0 Å². The van der Waals surface area contributed by atoms with Crippen molar-refractivity contribution in [3.63, 3.8) is 0 Å². The zero-order valence-corrected chi connectivity index (χ0v) is 14.1. The number of thiophene rings is 1. The third kappa shape index (κ3) is 2.96. The van der Waals surface area contributed by atoms with E-state index < -0.39 is 0 Å². The van der Waals surface area contributed by atoms with Crippen molar-refractivity contribution in [3.8, 4) is 0 Å². The first-order valence-electron chi connectivity index (χ1n) is 6.98. The molecule has 0 N–H and O–H groups in total. The predicted molar refractivity (Wildman–Crippen MR) is 92.0 cm³/mol. The van der Waals surface area contributed by atoms with Gasteiger partial charge in [-0.3, -0.25) is 0 Å². The van der Waals surface area contributed by atoms with Gasteiger partial charge in [0.05, 0.1) is 17.6 Å². The van der Waals surface area contributed by atoms with Gasteiger partial charge in [-0.1, -0.05) is 18.5 Å². The molecule has 3 rings (SSSR count). The van der Waals surface area contributed by atoms with Crippen molar-refractivity contribution in [3.05, 3.63) is 50.9 Å². The summed E-state index contributed by atoms with van der Waals surface area (Å²) in [6, 6.07) is 8.08. The Labute approximate surface area is 138 Å². The monoisotopic (exact) mass is 338 g/mol. The van der Waals surface area contributed by atoms with E-state index in [0.717, 1.165) is 41.3 Å². The van der Waals surface area contributed by atoms with Crippen LogP contribution in [0.4, 0.5) is 0 Å². The van der Waals surface area contributed by atoms with Crippen LogP contribution in [-0.2, 0) is 19.4 Å². The number of nitrogens with zero attached hydrogens (tertiary/aromatic N) is 2. The summed E-state index contributed by atoms with van der Waals surface area (Å²) >= 11 is 13.8. The maximum absolute atomic E-state index is 6.07. The minimum Gasteiger partial charge on any atom is -0.323 e. The number of alkyl halides is 1. The van der Waals surface area contributed by atoms with Gasteiger partial charge < -0.3 is 4.57 Å². The summed E-state index contributed by atoms with van der Waals surface area (Å²) in [5.74, 6) is 1.60. The molecule has 0 radical (unpaired) electrons. The van der Waals surface area contributed by atoms with Gasteiger partial charge in [0, 0.05) is 22.2 Å². The highest BCUT2D eigenvalue weighted by Crippen LogP contribution is 2.25. The summed E-state index contributed by atoms with van der Waals surface area (Å²) in [6.07, 6.45) is 1.82. The second kappa shape index (κ2) is 6.39. The zero-order valence-electron chi connectivity index (χ0n) is 11.8. The molecule has 0 aliphatic heterocycles. The molecule has 0 saturated heterocycles. The first-order valence-corrected chi connectivity index (χ1v) is 8.78. The Hall–Kier alpha value is -1.03. The van der Waals surface area contributed by atoms with Gasteiger partial charge in [-0.25, -0.2) is 4.98 Å². The topological polar surface area (TPSA) is 17.8 Å². The van der Waals surface area contributed by atoms with Crippen LogP contribution in [0, 0.1) is 0 Å². The van der Waals surface area contributed by atoms with Crippen LogP contribution in [0.3, 0.4) is 0 Å². The molecule has 0 bridgehead atoms. The Bertz CT molecular complexity index is 761. The molecule has 2 nitrogen and oxygen atoms in total. The number of rotatable bonds is 5. The minimum atomic E-state index is 0.572. The number of benzene rings is 1. The third-order valence-electron chi connectivity index (χ3n) is 3.63. The second-order valence-electron chi connectivity index (χ2n) is 4.91. The molecule has 3 aromatic rings. The van der Waals surface area contributed by atoms with Crippen molar-refractivity contribution in [2.24, 2.45) is 0 Å². The van der Waals surface area contributed by atoms with E-state index in [2.05, 4.69) is 22.9 Å². The van der Waals surface area contributed by atoms with Crippen LogP contribution >= 0.6 is 34.5 Å². The molecule has 5 heteroatoms. The number of aromatic nitrogens is 2. The van der Waals surface area contributed by atoms with Gasteiger partial charge >= 0.3 is 0 Å². The first-order chi connectivity index (χ1) is 10.2. The molecule has 0 aliphatic carbocycles. The van der Waals surface area contributed by atoms with Gasteiger partial charge in [-0.2, -0.15) is 0 Å². The summed E-state index contributed by atoms with van der Waals surface area (Å²) in [6.45, 7) is 3.04. The maximum atomic E-state index is 6.07. The van der Waals surface area contributed by atoms with Gasteiger partial charge in [0.1, 0.15) is 5.82 Å². The highest BCUT2D eigenvalue weighted by Gasteiger charge is 2.13. The molecule has 110 valence electrons. The summed E-state index contributed by atoms with van der Waals surface area (Å²) < 4.78 is 2.26. The lowest BCUT2D eigenvalue weighted by atomic mass is 10.2. The zero-order chi connectivity index (χ0) is 14.8. The number of hydrogen-bond donors (Lipinski definition) is 0. The maximum Gasteiger partial charge on any atom is 0.111 e. The van der Waals surface area contributed by atoms with E-state index in [1.807, 2.05) is 18.2 Å². The summed E-state index contributed by atoms with van der Waals surface area (Å²) in [5, 5.41) is 2.88. The number of imidazole rings is 1. The normalized spacial score (nSPS) is 11.4. The smallest absolute Gasteiger partial charge is 0.111 e. The molecule has 0 aliphatic rings. The predicted octanol–water partition coefficient (Wildman–Crippen LogP) is 5.14. The van der Waals surface area contributed by atoms with Gasteiger partial charge in [0.15, 0.2) is 0 Å². The lowest BCUT2D eigenvalue weighted by Crippen LogP contribution is -2.06. The molecule has 0 atom stereocenters. The fourth-order valence-corrected chi connectivity index (χ4v) is 3.87. The summed E-state index contributed by atoms with van der Waals surface area (Å²) in [4.78, 5) is 6.09. The van der Waals surface area contributed by atoms with E-state index in [-0.39, 0.29) is 0 Å². The number of halogens is 2. The van der Waals surface area contributed by atoms with Crippen LogP contribution in [0.2, 0.25) is 5.02 Å². The van der Waals surface area contributed by atoms with E-state index in [1.54, 1.807) is 11.3 Å². The van der Waals surface area contributed by atoms with E-state index in [4.69, 9.17) is 28.2 Å². The van der Waals surface area contributed by atoms with E-state index in [0.29, 0.717) is 5.88 Å². The summed E-state index contributed by atoms with van der Waals surface area (Å²) in [7, 11) is 0. The Morgan fingerprint density at radius 2 is 2.14 bits per heavy atom. The number of hydrogen-bond acceptors (Lipinski definition) is 2. The average Bonchev–Trinajstić information content (AvgIpc) is 3.04. The van der Waals surface area contributed by atoms with Crippen molar-refractivity contribution in [2.45, 2.75) is 26.3 Å². The lowest BCUT2D eigenvalue weighted by Gasteiger charge is -2.09. The molecule has 0 amide bonds.